The van der Waals surface area contributed by atoms with Crippen molar-refractivity contribution in [2.24, 2.45) is 0 Å². The van der Waals surface area contributed by atoms with Gasteiger partial charge in [0.1, 0.15) is 11.8 Å². The van der Waals surface area contributed by atoms with Crippen LogP contribution in [0, 0.1) is 0 Å². The molecule has 1 saturated heterocycles. The van der Waals surface area contributed by atoms with Crippen LogP contribution in [0.1, 0.15) is 75.1 Å². The predicted molar refractivity (Wildman–Crippen MR) is 101 cm³/mol. The third-order valence-electron chi connectivity index (χ3n) is 4.62. The molecule has 0 saturated carbocycles. The summed E-state index contributed by atoms with van der Waals surface area (Å²) in [5, 5.41) is 2.69. The Bertz CT molecular complexity index is 556. The Labute approximate surface area is 156 Å². The number of hydrogen-bond acceptors (Lipinski definition) is 4. The first-order valence-corrected chi connectivity index (χ1v) is 9.91. The minimum atomic E-state index is -0.527. The number of rotatable bonds is 12. The van der Waals surface area contributed by atoms with Crippen molar-refractivity contribution in [3.8, 4) is 5.75 Å². The number of benzene rings is 1. The van der Waals surface area contributed by atoms with Crippen molar-refractivity contribution in [1.82, 2.24) is 5.32 Å². The summed E-state index contributed by atoms with van der Waals surface area (Å²) < 4.78 is 10.6. The van der Waals surface area contributed by atoms with Crippen LogP contribution in [0.2, 0.25) is 0 Å². The highest BCUT2D eigenvalue weighted by Gasteiger charge is 2.28. The molecule has 5 heteroatoms. The molecule has 144 valence electrons. The van der Waals surface area contributed by atoms with Gasteiger partial charge in [0, 0.05) is 12.0 Å². The first-order chi connectivity index (χ1) is 12.7. The summed E-state index contributed by atoms with van der Waals surface area (Å²) in [5.74, 6) is 0.150. The molecule has 1 aliphatic rings. The third-order valence-corrected chi connectivity index (χ3v) is 4.62. The maximum atomic E-state index is 12.1. The van der Waals surface area contributed by atoms with Crippen LogP contribution in [0.5, 0.6) is 5.75 Å². The molecule has 0 aromatic heterocycles. The van der Waals surface area contributed by atoms with Gasteiger partial charge in [0.15, 0.2) is 0 Å². The Morgan fingerprint density at radius 2 is 1.73 bits per heavy atom. The van der Waals surface area contributed by atoms with E-state index in [0.717, 1.165) is 12.2 Å². The second-order valence-corrected chi connectivity index (χ2v) is 6.83. The van der Waals surface area contributed by atoms with E-state index in [1.807, 2.05) is 0 Å². The number of carbonyl (C=O) groups excluding carboxylic acids is 2. The highest BCUT2D eigenvalue weighted by Crippen LogP contribution is 2.15. The fraction of sp³-hybridized carbons (Fsp3) is 0.619. The first kappa shape index (κ1) is 20.3. The van der Waals surface area contributed by atoms with Crippen LogP contribution in [0.3, 0.4) is 0 Å². The van der Waals surface area contributed by atoms with Crippen molar-refractivity contribution < 1.29 is 19.1 Å². The molecule has 0 radical (unpaired) electrons. The van der Waals surface area contributed by atoms with Gasteiger partial charge in [0.25, 0.3) is 5.91 Å². The van der Waals surface area contributed by atoms with Crippen molar-refractivity contribution in [2.45, 2.75) is 70.8 Å². The van der Waals surface area contributed by atoms with Crippen LogP contribution in [-0.2, 0) is 9.53 Å². The number of carbonyl (C=O) groups is 2. The van der Waals surface area contributed by atoms with Crippen molar-refractivity contribution in [3.63, 3.8) is 0 Å². The summed E-state index contributed by atoms with van der Waals surface area (Å²) in [7, 11) is 0. The van der Waals surface area contributed by atoms with Crippen molar-refractivity contribution in [3.05, 3.63) is 29.8 Å². The monoisotopic (exact) mass is 361 g/mol. The maximum absolute atomic E-state index is 12.1. The lowest BCUT2D eigenvalue weighted by molar-refractivity contribution is -0.139. The SMILES string of the molecule is CCCCCCCCCCOc1ccc(C(=O)N[C@H]2CCOC2=O)cc1. The van der Waals surface area contributed by atoms with Crippen LogP contribution >= 0.6 is 0 Å². The van der Waals surface area contributed by atoms with Gasteiger partial charge in [-0.15, -0.1) is 0 Å². The van der Waals surface area contributed by atoms with Crippen molar-refractivity contribution in [2.75, 3.05) is 13.2 Å². The van der Waals surface area contributed by atoms with E-state index in [9.17, 15) is 9.59 Å². The Morgan fingerprint density at radius 1 is 1.08 bits per heavy atom. The number of nitrogens with one attached hydrogen (secondary N) is 1. The molecule has 2 rings (SSSR count). The van der Waals surface area contributed by atoms with Crippen LogP contribution in [-0.4, -0.2) is 31.1 Å². The molecule has 26 heavy (non-hydrogen) atoms. The summed E-state index contributed by atoms with van der Waals surface area (Å²) in [5.41, 5.74) is 0.518. The Kier molecular flexibility index (Phi) is 9.01. The largest absolute Gasteiger partial charge is 0.494 e. The average Bonchev–Trinajstić information content (AvgIpc) is 3.05. The Morgan fingerprint density at radius 3 is 2.35 bits per heavy atom. The van der Waals surface area contributed by atoms with Crippen LogP contribution in [0.15, 0.2) is 24.3 Å². The van der Waals surface area contributed by atoms with Crippen LogP contribution in [0.25, 0.3) is 0 Å². The fourth-order valence-corrected chi connectivity index (χ4v) is 3.00. The van der Waals surface area contributed by atoms with Crippen molar-refractivity contribution in [1.29, 1.82) is 0 Å². The molecular formula is C21H31NO4. The summed E-state index contributed by atoms with van der Waals surface area (Å²) in [6.45, 7) is 3.31. The van der Waals surface area contributed by atoms with E-state index in [-0.39, 0.29) is 11.9 Å². The molecule has 1 amide bonds. The van der Waals surface area contributed by atoms with Gasteiger partial charge in [-0.25, -0.2) is 4.79 Å². The van der Waals surface area contributed by atoms with Gasteiger partial charge < -0.3 is 14.8 Å². The van der Waals surface area contributed by atoms with E-state index in [0.29, 0.717) is 25.2 Å². The lowest BCUT2D eigenvalue weighted by Gasteiger charge is -2.10. The average molecular weight is 361 g/mol. The maximum Gasteiger partial charge on any atom is 0.328 e. The molecule has 5 nitrogen and oxygen atoms in total. The van der Waals surface area contributed by atoms with E-state index in [1.54, 1.807) is 24.3 Å². The number of ether oxygens (including phenoxy) is 2. The fourth-order valence-electron chi connectivity index (χ4n) is 3.00. The Hall–Kier alpha value is -2.04. The van der Waals surface area contributed by atoms with E-state index >= 15 is 0 Å². The minimum Gasteiger partial charge on any atom is -0.494 e. The molecule has 1 fully saturated rings. The molecule has 0 aliphatic carbocycles. The molecular weight excluding hydrogens is 330 g/mol. The molecule has 0 unspecified atom stereocenters. The van der Waals surface area contributed by atoms with Gasteiger partial charge in [-0.3, -0.25) is 4.79 Å². The number of cyclic esters (lactones) is 1. The Balaban J connectivity index is 1.60. The van der Waals surface area contributed by atoms with Gasteiger partial charge in [-0.1, -0.05) is 51.9 Å². The number of amides is 1. The zero-order valence-electron chi connectivity index (χ0n) is 15.8. The summed E-state index contributed by atoms with van der Waals surface area (Å²) >= 11 is 0. The topological polar surface area (TPSA) is 64.6 Å². The predicted octanol–water partition coefficient (Wildman–Crippen LogP) is 4.25. The summed E-state index contributed by atoms with van der Waals surface area (Å²) in [4.78, 5) is 23.5. The molecule has 0 bridgehead atoms. The zero-order valence-corrected chi connectivity index (χ0v) is 15.8. The van der Waals surface area contributed by atoms with E-state index in [4.69, 9.17) is 9.47 Å². The van der Waals surface area contributed by atoms with Gasteiger partial charge in [-0.05, 0) is 30.7 Å². The van der Waals surface area contributed by atoms with E-state index < -0.39 is 6.04 Å². The van der Waals surface area contributed by atoms with Gasteiger partial charge >= 0.3 is 5.97 Å². The highest BCUT2D eigenvalue weighted by molar-refractivity contribution is 5.97. The smallest absolute Gasteiger partial charge is 0.328 e. The normalized spacial score (nSPS) is 16.3. The summed E-state index contributed by atoms with van der Waals surface area (Å²) in [6, 6.07) is 6.51. The standard InChI is InChI=1S/C21H31NO4/c1-2-3-4-5-6-7-8-9-15-25-18-12-10-17(11-13-18)20(23)22-19-14-16-26-21(19)24/h10-13,19H,2-9,14-16H2,1H3,(H,22,23)/t19-/m0/s1. The quantitative estimate of drug-likeness (QED) is 0.446. The second-order valence-electron chi connectivity index (χ2n) is 6.83. The minimum absolute atomic E-state index is 0.261. The lowest BCUT2D eigenvalue weighted by Crippen LogP contribution is -2.37. The third kappa shape index (κ3) is 7.06. The van der Waals surface area contributed by atoms with Crippen LogP contribution in [0.4, 0.5) is 0 Å². The molecule has 1 atom stereocenters. The van der Waals surface area contributed by atoms with E-state index in [2.05, 4.69) is 12.2 Å². The lowest BCUT2D eigenvalue weighted by atomic mass is 10.1. The van der Waals surface area contributed by atoms with Gasteiger partial charge in [-0.2, -0.15) is 0 Å². The molecule has 1 N–H and O–H groups in total. The highest BCUT2D eigenvalue weighted by atomic mass is 16.5. The first-order valence-electron chi connectivity index (χ1n) is 9.91. The van der Waals surface area contributed by atoms with Crippen molar-refractivity contribution >= 4 is 11.9 Å². The van der Waals surface area contributed by atoms with Gasteiger partial charge in [0.2, 0.25) is 0 Å². The molecule has 1 heterocycles. The molecule has 0 spiro atoms. The second kappa shape index (κ2) is 11.6. The van der Waals surface area contributed by atoms with Gasteiger partial charge in [0.05, 0.1) is 13.2 Å². The molecule has 1 aliphatic heterocycles. The van der Waals surface area contributed by atoms with Crippen LogP contribution < -0.4 is 10.1 Å². The molecule has 1 aromatic rings. The zero-order chi connectivity index (χ0) is 18.6. The number of hydrogen-bond donors (Lipinski definition) is 1. The number of esters is 1. The summed E-state index contributed by atoms with van der Waals surface area (Å²) in [6.07, 6.45) is 10.7. The molecule has 1 aromatic carbocycles. The number of unbranched alkanes of at least 4 members (excludes halogenated alkanes) is 7. The van der Waals surface area contributed by atoms with E-state index in [1.165, 1.54) is 44.9 Å².